The zero-order valence-corrected chi connectivity index (χ0v) is 20.9. The molecule has 0 aliphatic carbocycles. The number of ether oxygens (including phenoxy) is 3. The van der Waals surface area contributed by atoms with E-state index >= 15 is 0 Å². The van der Waals surface area contributed by atoms with Gasteiger partial charge in [0.05, 0.1) is 29.1 Å². The molecule has 8 heteroatoms. The molecule has 1 fully saturated rings. The Bertz CT molecular complexity index is 1040. The molecular weight excluding hydrogens is 459 g/mol. The lowest BCUT2D eigenvalue weighted by molar-refractivity contribution is -0.137. The van der Waals surface area contributed by atoms with E-state index in [4.69, 9.17) is 19.2 Å². The molecule has 1 aromatic carbocycles. The van der Waals surface area contributed by atoms with E-state index in [9.17, 15) is 18.3 Å². The number of alkyl halides is 3. The molecule has 192 valence electrons. The predicted octanol–water partition coefficient (Wildman–Crippen LogP) is 6.18. The van der Waals surface area contributed by atoms with Gasteiger partial charge in [0.15, 0.2) is 0 Å². The average Bonchev–Trinajstić information content (AvgIpc) is 3.11. The third kappa shape index (κ3) is 4.86. The molecule has 2 aliphatic heterocycles. The van der Waals surface area contributed by atoms with Crippen molar-refractivity contribution < 1.29 is 32.5 Å². The van der Waals surface area contributed by atoms with E-state index in [1.807, 2.05) is 6.92 Å². The van der Waals surface area contributed by atoms with E-state index in [2.05, 4.69) is 13.8 Å². The number of rotatable bonds is 6. The average molecular weight is 494 g/mol. The van der Waals surface area contributed by atoms with Crippen LogP contribution in [-0.2, 0) is 32.4 Å². The quantitative estimate of drug-likeness (QED) is 0.520. The van der Waals surface area contributed by atoms with Crippen molar-refractivity contribution in [2.75, 3.05) is 20.3 Å². The van der Waals surface area contributed by atoms with E-state index in [1.165, 1.54) is 12.1 Å². The second-order valence-corrected chi connectivity index (χ2v) is 10.0. The number of aliphatic hydroxyl groups is 1. The normalized spacial score (nSPS) is 21.4. The van der Waals surface area contributed by atoms with Crippen LogP contribution in [0.5, 0.6) is 0 Å². The summed E-state index contributed by atoms with van der Waals surface area (Å²) in [7, 11) is 1.61. The SMILES string of the molecule is COC(C)c1nc(CC(C)C)c(C(C)O)c2c1C(c1ccc(C(F)(F)F)cc1)OC21CCOCC1. The summed E-state index contributed by atoms with van der Waals surface area (Å²) in [6.07, 6.45) is -4.35. The molecule has 0 amide bonds. The van der Waals surface area contributed by atoms with Gasteiger partial charge in [-0.05, 0) is 49.4 Å². The Morgan fingerprint density at radius 1 is 1.11 bits per heavy atom. The first-order valence-corrected chi connectivity index (χ1v) is 12.2. The van der Waals surface area contributed by atoms with Crippen molar-refractivity contribution >= 4 is 0 Å². The van der Waals surface area contributed by atoms with Crippen LogP contribution < -0.4 is 0 Å². The van der Waals surface area contributed by atoms with Gasteiger partial charge in [0.1, 0.15) is 6.10 Å². The number of hydrogen-bond donors (Lipinski definition) is 1. The number of hydrogen-bond acceptors (Lipinski definition) is 5. The van der Waals surface area contributed by atoms with E-state index in [1.54, 1.807) is 14.0 Å². The summed E-state index contributed by atoms with van der Waals surface area (Å²) >= 11 is 0. The standard InChI is InChI=1S/C27H34F3NO4/c1-15(2)14-20-21(16(3)32)23-22(24(31-20)17(4)33-5)25(35-26(23)10-12-34-13-11-26)18-6-8-19(9-7-18)27(28,29)30/h6-9,15-17,25,32H,10-14H2,1-5H3. The molecule has 0 radical (unpaired) electrons. The first-order valence-electron chi connectivity index (χ1n) is 12.2. The summed E-state index contributed by atoms with van der Waals surface area (Å²) in [4.78, 5) is 5.01. The Kier molecular flexibility index (Phi) is 7.31. The van der Waals surface area contributed by atoms with E-state index in [0.717, 1.165) is 34.5 Å². The van der Waals surface area contributed by atoms with Gasteiger partial charge in [0, 0.05) is 50.0 Å². The molecule has 1 saturated heterocycles. The molecule has 3 heterocycles. The fourth-order valence-electron chi connectivity index (χ4n) is 5.35. The van der Waals surface area contributed by atoms with Crippen molar-refractivity contribution in [3.63, 3.8) is 0 Å². The number of fused-ring (bicyclic) bond motifs is 2. The highest BCUT2D eigenvalue weighted by molar-refractivity contribution is 5.53. The lowest BCUT2D eigenvalue weighted by atomic mass is 9.78. The van der Waals surface area contributed by atoms with Crippen molar-refractivity contribution in [3.05, 3.63) is 63.5 Å². The van der Waals surface area contributed by atoms with Crippen molar-refractivity contribution in [1.82, 2.24) is 4.98 Å². The Hall–Kier alpha value is -2.00. The number of benzene rings is 1. The van der Waals surface area contributed by atoms with Gasteiger partial charge in [-0.1, -0.05) is 26.0 Å². The highest BCUT2D eigenvalue weighted by Crippen LogP contribution is 2.55. The minimum atomic E-state index is -4.42. The topological polar surface area (TPSA) is 60.8 Å². The maximum absolute atomic E-state index is 13.2. The third-order valence-electron chi connectivity index (χ3n) is 7.04. The van der Waals surface area contributed by atoms with E-state index in [-0.39, 0.29) is 6.10 Å². The molecule has 0 saturated carbocycles. The summed E-state index contributed by atoms with van der Waals surface area (Å²) in [6.45, 7) is 8.84. The molecule has 1 spiro atoms. The molecule has 1 N–H and O–H groups in total. The summed E-state index contributed by atoms with van der Waals surface area (Å²) in [5.74, 6) is 0.308. The van der Waals surface area contributed by atoms with Gasteiger partial charge >= 0.3 is 6.18 Å². The van der Waals surface area contributed by atoms with Crippen LogP contribution in [0.4, 0.5) is 13.2 Å². The number of methoxy groups -OCH3 is 1. The van der Waals surface area contributed by atoms with Crippen LogP contribution in [0.25, 0.3) is 0 Å². The molecule has 3 atom stereocenters. The number of halogens is 3. The largest absolute Gasteiger partial charge is 0.416 e. The zero-order valence-electron chi connectivity index (χ0n) is 20.9. The Labute approximate surface area is 204 Å². The number of aliphatic hydroxyl groups excluding tert-OH is 1. The van der Waals surface area contributed by atoms with E-state index < -0.39 is 29.5 Å². The molecule has 2 aliphatic rings. The first-order chi connectivity index (χ1) is 16.5. The van der Waals surface area contributed by atoms with Crippen molar-refractivity contribution in [2.45, 2.75) is 77.0 Å². The van der Waals surface area contributed by atoms with Crippen LogP contribution in [0.1, 0.15) is 98.1 Å². The van der Waals surface area contributed by atoms with Crippen LogP contribution in [0.15, 0.2) is 24.3 Å². The molecule has 4 rings (SSSR count). The maximum Gasteiger partial charge on any atom is 0.416 e. The van der Waals surface area contributed by atoms with Gasteiger partial charge in [-0.25, -0.2) is 0 Å². The maximum atomic E-state index is 13.2. The van der Waals surface area contributed by atoms with Crippen LogP contribution in [0, 0.1) is 5.92 Å². The molecular formula is C27H34F3NO4. The number of nitrogens with zero attached hydrogens (tertiary/aromatic N) is 1. The second-order valence-electron chi connectivity index (χ2n) is 10.0. The number of pyridine rings is 1. The van der Waals surface area contributed by atoms with Crippen LogP contribution in [0.3, 0.4) is 0 Å². The third-order valence-corrected chi connectivity index (χ3v) is 7.04. The summed E-state index contributed by atoms with van der Waals surface area (Å²) < 4.78 is 57.8. The Balaban J connectivity index is 1.99. The smallest absolute Gasteiger partial charge is 0.389 e. The highest BCUT2D eigenvalue weighted by atomic mass is 19.4. The molecule has 3 unspecified atom stereocenters. The second kappa shape index (κ2) is 9.81. The van der Waals surface area contributed by atoms with Gasteiger partial charge in [0.2, 0.25) is 0 Å². The van der Waals surface area contributed by atoms with Gasteiger partial charge in [-0.2, -0.15) is 13.2 Å². The molecule has 0 bridgehead atoms. The van der Waals surface area contributed by atoms with Crippen LogP contribution >= 0.6 is 0 Å². The summed E-state index contributed by atoms with van der Waals surface area (Å²) in [6, 6.07) is 5.12. The van der Waals surface area contributed by atoms with Gasteiger partial charge in [0.25, 0.3) is 0 Å². The molecule has 35 heavy (non-hydrogen) atoms. The number of aromatic nitrogens is 1. The fourth-order valence-corrected chi connectivity index (χ4v) is 5.35. The molecule has 2 aromatic rings. The predicted molar refractivity (Wildman–Crippen MR) is 125 cm³/mol. The van der Waals surface area contributed by atoms with Crippen LogP contribution in [0.2, 0.25) is 0 Å². The monoisotopic (exact) mass is 493 g/mol. The van der Waals surface area contributed by atoms with Gasteiger partial charge in [-0.3, -0.25) is 4.98 Å². The molecule has 1 aromatic heterocycles. The Morgan fingerprint density at radius 2 is 1.74 bits per heavy atom. The Morgan fingerprint density at radius 3 is 2.26 bits per heavy atom. The van der Waals surface area contributed by atoms with Crippen molar-refractivity contribution in [1.29, 1.82) is 0 Å². The minimum absolute atomic E-state index is 0.308. The summed E-state index contributed by atoms with van der Waals surface area (Å²) in [5, 5.41) is 11.0. The fraction of sp³-hybridized carbons (Fsp3) is 0.593. The first kappa shape index (κ1) is 26.1. The van der Waals surface area contributed by atoms with Gasteiger partial charge < -0.3 is 19.3 Å². The van der Waals surface area contributed by atoms with Crippen LogP contribution in [-0.4, -0.2) is 30.4 Å². The van der Waals surface area contributed by atoms with Gasteiger partial charge in [-0.15, -0.1) is 0 Å². The van der Waals surface area contributed by atoms with Crippen molar-refractivity contribution in [3.8, 4) is 0 Å². The van der Waals surface area contributed by atoms with Crippen molar-refractivity contribution in [2.24, 2.45) is 5.92 Å². The summed E-state index contributed by atoms with van der Waals surface area (Å²) in [5.41, 5.74) is 3.17. The van der Waals surface area contributed by atoms with E-state index in [0.29, 0.717) is 49.7 Å². The zero-order chi connectivity index (χ0) is 25.5. The lowest BCUT2D eigenvalue weighted by Crippen LogP contribution is -2.35. The highest BCUT2D eigenvalue weighted by Gasteiger charge is 2.51. The molecule has 5 nitrogen and oxygen atoms in total. The minimum Gasteiger partial charge on any atom is -0.389 e. The lowest BCUT2D eigenvalue weighted by Gasteiger charge is -2.36.